The molecule has 0 spiro atoms. The molecule has 3 rings (SSSR count). The van der Waals surface area contributed by atoms with Crippen LogP contribution in [0.4, 0.5) is 0 Å². The number of aromatic amines is 1. The number of aromatic nitrogens is 1. The maximum atomic E-state index is 11.2. The van der Waals surface area contributed by atoms with Crippen molar-refractivity contribution in [2.24, 2.45) is 5.92 Å². The number of fused-ring (bicyclic) bond motifs is 1. The van der Waals surface area contributed by atoms with Crippen molar-refractivity contribution in [1.29, 1.82) is 0 Å². The van der Waals surface area contributed by atoms with E-state index in [0.29, 0.717) is 11.3 Å². The largest absolute Gasteiger partial charge is 0.494 e. The molecule has 2 N–H and O–H groups in total. The van der Waals surface area contributed by atoms with Gasteiger partial charge in [0, 0.05) is 6.42 Å². The zero-order chi connectivity index (χ0) is 13.4. The predicted octanol–water partition coefficient (Wildman–Crippen LogP) is 2.86. The molecule has 2 aromatic rings. The SMILES string of the molecule is CC1CCc2cc(Cc3sc(=O)[nH]c3O)ccc2C1. The third-order valence-corrected chi connectivity index (χ3v) is 4.68. The molecule has 1 aliphatic carbocycles. The summed E-state index contributed by atoms with van der Waals surface area (Å²) in [4.78, 5) is 14.1. The van der Waals surface area contributed by atoms with E-state index >= 15 is 0 Å². The quantitative estimate of drug-likeness (QED) is 0.885. The topological polar surface area (TPSA) is 53.1 Å². The van der Waals surface area contributed by atoms with Crippen LogP contribution in [0.3, 0.4) is 0 Å². The van der Waals surface area contributed by atoms with Gasteiger partial charge in [-0.05, 0) is 41.9 Å². The second-order valence-corrected chi connectivity index (χ2v) is 6.48. The molecule has 0 amide bonds. The van der Waals surface area contributed by atoms with Crippen LogP contribution in [0.5, 0.6) is 5.88 Å². The fourth-order valence-corrected chi connectivity index (χ4v) is 3.52. The summed E-state index contributed by atoms with van der Waals surface area (Å²) in [5, 5.41) is 9.62. The second kappa shape index (κ2) is 4.85. The Morgan fingerprint density at radius 1 is 1.42 bits per heavy atom. The molecule has 1 aliphatic rings. The van der Waals surface area contributed by atoms with Crippen molar-refractivity contribution in [3.8, 4) is 5.88 Å². The average molecular weight is 275 g/mol. The number of nitrogens with one attached hydrogen (secondary N) is 1. The van der Waals surface area contributed by atoms with Crippen molar-refractivity contribution in [3.05, 3.63) is 49.4 Å². The van der Waals surface area contributed by atoms with Crippen LogP contribution in [0, 0.1) is 5.92 Å². The molecule has 0 aliphatic heterocycles. The summed E-state index contributed by atoms with van der Waals surface area (Å²) in [5.74, 6) is 0.790. The van der Waals surface area contributed by atoms with Crippen LogP contribution in [-0.4, -0.2) is 10.1 Å². The summed E-state index contributed by atoms with van der Waals surface area (Å²) >= 11 is 1.09. The highest BCUT2D eigenvalue weighted by molar-refractivity contribution is 7.09. The summed E-state index contributed by atoms with van der Waals surface area (Å²) in [7, 11) is 0. The third kappa shape index (κ3) is 2.59. The molecule has 19 heavy (non-hydrogen) atoms. The zero-order valence-corrected chi connectivity index (χ0v) is 11.7. The first-order valence-corrected chi connectivity index (χ1v) is 7.45. The lowest BCUT2D eigenvalue weighted by atomic mass is 9.84. The van der Waals surface area contributed by atoms with E-state index in [-0.39, 0.29) is 10.8 Å². The minimum atomic E-state index is -0.195. The average Bonchev–Trinajstić information content (AvgIpc) is 2.68. The fourth-order valence-electron chi connectivity index (χ4n) is 2.76. The van der Waals surface area contributed by atoms with Gasteiger partial charge in [-0.25, -0.2) is 0 Å². The Labute approximate surface area is 115 Å². The Morgan fingerprint density at radius 3 is 3.00 bits per heavy atom. The van der Waals surface area contributed by atoms with Gasteiger partial charge < -0.3 is 5.11 Å². The molecule has 1 heterocycles. The van der Waals surface area contributed by atoms with Gasteiger partial charge in [0.25, 0.3) is 0 Å². The molecule has 3 nitrogen and oxygen atoms in total. The monoisotopic (exact) mass is 275 g/mol. The van der Waals surface area contributed by atoms with Crippen LogP contribution in [0.1, 0.15) is 34.9 Å². The minimum Gasteiger partial charge on any atom is -0.494 e. The molecule has 100 valence electrons. The van der Waals surface area contributed by atoms with Crippen LogP contribution in [-0.2, 0) is 19.3 Å². The van der Waals surface area contributed by atoms with Gasteiger partial charge in [-0.1, -0.05) is 36.5 Å². The maximum Gasteiger partial charge on any atom is 0.307 e. The lowest BCUT2D eigenvalue weighted by molar-refractivity contribution is 0.451. The molecular weight excluding hydrogens is 258 g/mol. The summed E-state index contributed by atoms with van der Waals surface area (Å²) in [6, 6.07) is 6.54. The van der Waals surface area contributed by atoms with E-state index in [1.165, 1.54) is 29.5 Å². The molecular formula is C15H17NO2S. The Kier molecular flexibility index (Phi) is 3.19. The van der Waals surface area contributed by atoms with Crippen molar-refractivity contribution >= 4 is 11.3 Å². The number of benzene rings is 1. The molecule has 0 bridgehead atoms. The minimum absolute atomic E-state index is 0.0151. The number of thiazole rings is 1. The van der Waals surface area contributed by atoms with Crippen LogP contribution >= 0.6 is 11.3 Å². The summed E-state index contributed by atoms with van der Waals surface area (Å²) in [6.45, 7) is 2.30. The predicted molar refractivity (Wildman–Crippen MR) is 77.0 cm³/mol. The molecule has 1 aromatic heterocycles. The maximum absolute atomic E-state index is 11.2. The molecule has 4 heteroatoms. The van der Waals surface area contributed by atoms with Gasteiger partial charge in [0.2, 0.25) is 5.88 Å². The van der Waals surface area contributed by atoms with Crippen molar-refractivity contribution < 1.29 is 5.11 Å². The summed E-state index contributed by atoms with van der Waals surface area (Å²) < 4.78 is 0. The highest BCUT2D eigenvalue weighted by Crippen LogP contribution is 2.28. The zero-order valence-electron chi connectivity index (χ0n) is 10.9. The highest BCUT2D eigenvalue weighted by Gasteiger charge is 2.16. The lowest BCUT2D eigenvalue weighted by Crippen LogP contribution is -2.11. The highest BCUT2D eigenvalue weighted by atomic mass is 32.1. The lowest BCUT2D eigenvalue weighted by Gasteiger charge is -2.21. The number of hydrogen-bond acceptors (Lipinski definition) is 3. The number of aromatic hydroxyl groups is 1. The van der Waals surface area contributed by atoms with E-state index in [0.717, 1.165) is 23.7 Å². The number of hydrogen-bond donors (Lipinski definition) is 2. The van der Waals surface area contributed by atoms with E-state index in [4.69, 9.17) is 0 Å². The third-order valence-electron chi connectivity index (χ3n) is 3.81. The van der Waals surface area contributed by atoms with Crippen LogP contribution < -0.4 is 4.87 Å². The molecule has 1 atom stereocenters. The van der Waals surface area contributed by atoms with Gasteiger partial charge in [-0.15, -0.1) is 0 Å². The van der Waals surface area contributed by atoms with Crippen molar-refractivity contribution in [2.45, 2.75) is 32.6 Å². The first kappa shape index (κ1) is 12.5. The van der Waals surface area contributed by atoms with Crippen molar-refractivity contribution in [2.75, 3.05) is 0 Å². The van der Waals surface area contributed by atoms with Gasteiger partial charge >= 0.3 is 4.87 Å². The normalized spacial score (nSPS) is 18.3. The number of rotatable bonds is 2. The summed E-state index contributed by atoms with van der Waals surface area (Å²) in [6.07, 6.45) is 4.18. The van der Waals surface area contributed by atoms with E-state index in [2.05, 4.69) is 30.1 Å². The standard InChI is InChI=1S/C15H17NO2S/c1-9-2-4-12-7-10(3-5-11(12)6-9)8-13-14(17)16-15(18)19-13/h3,5,7,9,17H,2,4,6,8H2,1H3,(H,16,18). The fraction of sp³-hybridized carbons (Fsp3) is 0.400. The van der Waals surface area contributed by atoms with E-state index in [1.807, 2.05) is 0 Å². The Hall–Kier alpha value is -1.55. The number of aryl methyl sites for hydroxylation is 1. The molecule has 1 aromatic carbocycles. The summed E-state index contributed by atoms with van der Waals surface area (Å²) in [5.41, 5.74) is 4.05. The number of H-pyrrole nitrogens is 1. The van der Waals surface area contributed by atoms with Gasteiger partial charge in [0.15, 0.2) is 0 Å². The van der Waals surface area contributed by atoms with Crippen molar-refractivity contribution in [1.82, 2.24) is 4.98 Å². The Bertz CT molecular complexity index is 656. The molecule has 0 radical (unpaired) electrons. The second-order valence-electron chi connectivity index (χ2n) is 5.41. The van der Waals surface area contributed by atoms with Crippen LogP contribution in [0.25, 0.3) is 0 Å². The van der Waals surface area contributed by atoms with Gasteiger partial charge in [0.1, 0.15) is 0 Å². The van der Waals surface area contributed by atoms with Gasteiger partial charge in [-0.2, -0.15) is 0 Å². The van der Waals surface area contributed by atoms with Crippen LogP contribution in [0.15, 0.2) is 23.0 Å². The van der Waals surface area contributed by atoms with E-state index < -0.39 is 0 Å². The molecule has 0 saturated carbocycles. The van der Waals surface area contributed by atoms with Gasteiger partial charge in [0.05, 0.1) is 4.88 Å². The Balaban J connectivity index is 1.87. The van der Waals surface area contributed by atoms with Crippen LogP contribution in [0.2, 0.25) is 0 Å². The Morgan fingerprint density at radius 2 is 2.26 bits per heavy atom. The molecule has 0 saturated heterocycles. The first-order valence-electron chi connectivity index (χ1n) is 6.63. The first-order chi connectivity index (χ1) is 9.11. The smallest absolute Gasteiger partial charge is 0.307 e. The van der Waals surface area contributed by atoms with Crippen molar-refractivity contribution in [3.63, 3.8) is 0 Å². The van der Waals surface area contributed by atoms with Gasteiger partial charge in [-0.3, -0.25) is 9.78 Å². The molecule has 1 unspecified atom stereocenters. The van der Waals surface area contributed by atoms with E-state index in [9.17, 15) is 9.90 Å². The molecule has 0 fully saturated rings. The van der Waals surface area contributed by atoms with E-state index in [1.54, 1.807) is 0 Å².